The van der Waals surface area contributed by atoms with E-state index in [1.165, 1.54) is 34.6 Å². The number of halogens is 1. The second-order valence-electron chi connectivity index (χ2n) is 6.02. The summed E-state index contributed by atoms with van der Waals surface area (Å²) in [6.45, 7) is 4.13. The van der Waals surface area contributed by atoms with E-state index >= 15 is 0 Å². The maximum atomic E-state index is 14.2. The van der Waals surface area contributed by atoms with Gasteiger partial charge in [0, 0.05) is 24.6 Å². The lowest BCUT2D eigenvalue weighted by molar-refractivity contribution is 0.626. The van der Waals surface area contributed by atoms with Gasteiger partial charge in [-0.3, -0.25) is 14.5 Å². The number of H-pyrrole nitrogens is 1. The van der Waals surface area contributed by atoms with Gasteiger partial charge >= 0.3 is 0 Å². The number of nitrogens with one attached hydrogen (secondary N) is 1. The summed E-state index contributed by atoms with van der Waals surface area (Å²) in [5.41, 5.74) is 1.08. The van der Waals surface area contributed by atoms with Crippen LogP contribution in [0.1, 0.15) is 11.3 Å². The van der Waals surface area contributed by atoms with E-state index in [1.54, 1.807) is 28.8 Å². The highest BCUT2D eigenvalue weighted by Gasteiger charge is 2.17. The highest BCUT2D eigenvalue weighted by atomic mass is 32.2. The van der Waals surface area contributed by atoms with Gasteiger partial charge in [-0.25, -0.2) is 13.9 Å². The maximum Gasteiger partial charge on any atom is 0.272 e. The average molecular weight is 407 g/mol. The first kappa shape index (κ1) is 18.6. The molecule has 4 aromatic rings. The van der Waals surface area contributed by atoms with Gasteiger partial charge in [0.05, 0.1) is 11.3 Å². The van der Waals surface area contributed by atoms with Gasteiger partial charge in [0.2, 0.25) is 0 Å². The molecule has 0 saturated carbocycles. The summed E-state index contributed by atoms with van der Waals surface area (Å²) in [5.74, 6) is 0.332. The number of benzene rings is 1. The molecule has 0 bridgehead atoms. The van der Waals surface area contributed by atoms with Gasteiger partial charge in [0.15, 0.2) is 16.6 Å². The topological polar surface area (TPSA) is 105 Å². The fourth-order valence-electron chi connectivity index (χ4n) is 2.85. The van der Waals surface area contributed by atoms with E-state index in [0.717, 1.165) is 0 Å². The Balaban J connectivity index is 1.66. The molecule has 1 N–H and O–H groups in total. The molecular formula is C19H14FN7OS. The lowest BCUT2D eigenvalue weighted by Gasteiger charge is -2.08. The Kier molecular flexibility index (Phi) is 4.97. The first-order chi connectivity index (χ1) is 14.1. The lowest BCUT2D eigenvalue weighted by atomic mass is 10.2. The molecule has 10 heteroatoms. The molecule has 0 atom stereocenters. The van der Waals surface area contributed by atoms with Crippen LogP contribution in [-0.2, 0) is 12.3 Å². The Hall–Kier alpha value is -3.71. The Morgan fingerprint density at radius 1 is 1.34 bits per heavy atom. The van der Waals surface area contributed by atoms with E-state index in [0.29, 0.717) is 34.5 Å². The minimum absolute atomic E-state index is 0.273. The predicted octanol–water partition coefficient (Wildman–Crippen LogP) is 2.77. The summed E-state index contributed by atoms with van der Waals surface area (Å²) in [4.78, 5) is 16.6. The van der Waals surface area contributed by atoms with E-state index in [-0.39, 0.29) is 16.8 Å². The van der Waals surface area contributed by atoms with Crippen molar-refractivity contribution >= 4 is 17.4 Å². The monoisotopic (exact) mass is 407 g/mol. The Labute approximate surface area is 168 Å². The van der Waals surface area contributed by atoms with Crippen LogP contribution in [0.3, 0.4) is 0 Å². The summed E-state index contributed by atoms with van der Waals surface area (Å²) in [7, 11) is 0. The van der Waals surface area contributed by atoms with Gasteiger partial charge in [-0.15, -0.1) is 16.8 Å². The van der Waals surface area contributed by atoms with E-state index in [9.17, 15) is 9.18 Å². The minimum Gasteiger partial charge on any atom is -0.298 e. The van der Waals surface area contributed by atoms with Crippen LogP contribution in [0.2, 0.25) is 0 Å². The van der Waals surface area contributed by atoms with Crippen LogP contribution in [0.4, 0.5) is 4.39 Å². The third kappa shape index (κ3) is 3.43. The van der Waals surface area contributed by atoms with Crippen LogP contribution >= 0.6 is 11.8 Å². The second kappa shape index (κ2) is 7.73. The summed E-state index contributed by atoms with van der Waals surface area (Å²) < 4.78 is 17.2. The van der Waals surface area contributed by atoms with Crippen molar-refractivity contribution in [2.75, 3.05) is 0 Å². The molecule has 0 aliphatic rings. The standard InChI is InChI=1S/C19H14FN7OS/c1-2-7-26-18(14-5-3-4-6-15(14)20)24-25-19(26)29-11-13-8-16(28)27-17(23-13)12(9-21)10-22-27/h2-6,8,10,22H,1,7,11H2. The van der Waals surface area contributed by atoms with Gasteiger partial charge in [-0.2, -0.15) is 5.26 Å². The van der Waals surface area contributed by atoms with Crippen molar-refractivity contribution in [3.05, 3.63) is 76.6 Å². The van der Waals surface area contributed by atoms with Crippen LogP contribution in [0.25, 0.3) is 17.0 Å². The largest absolute Gasteiger partial charge is 0.298 e. The molecule has 144 valence electrons. The van der Waals surface area contributed by atoms with Crippen LogP contribution in [0.5, 0.6) is 0 Å². The van der Waals surface area contributed by atoms with E-state index in [1.807, 2.05) is 6.07 Å². The molecule has 3 heterocycles. The summed E-state index contributed by atoms with van der Waals surface area (Å²) in [6.07, 6.45) is 3.11. The van der Waals surface area contributed by atoms with Crippen molar-refractivity contribution in [1.29, 1.82) is 5.26 Å². The number of hydrogen-bond acceptors (Lipinski definition) is 6. The quantitative estimate of drug-likeness (QED) is 0.389. The summed E-state index contributed by atoms with van der Waals surface area (Å²) in [5, 5.41) is 20.7. The first-order valence-electron chi connectivity index (χ1n) is 8.54. The van der Waals surface area contributed by atoms with E-state index < -0.39 is 5.82 Å². The molecule has 8 nitrogen and oxygen atoms in total. The zero-order valence-corrected chi connectivity index (χ0v) is 15.9. The molecule has 0 spiro atoms. The molecule has 0 unspecified atom stereocenters. The Bertz CT molecular complexity index is 1310. The molecule has 0 saturated heterocycles. The lowest BCUT2D eigenvalue weighted by Crippen LogP contribution is -2.15. The van der Waals surface area contributed by atoms with Crippen molar-refractivity contribution in [3.63, 3.8) is 0 Å². The average Bonchev–Trinajstić information content (AvgIpc) is 3.31. The number of nitrogens with zero attached hydrogens (tertiary/aromatic N) is 6. The number of fused-ring (bicyclic) bond motifs is 1. The smallest absolute Gasteiger partial charge is 0.272 e. The van der Waals surface area contributed by atoms with E-state index in [4.69, 9.17) is 5.26 Å². The number of thioether (sulfide) groups is 1. The third-order valence-electron chi connectivity index (χ3n) is 4.16. The van der Waals surface area contributed by atoms with Crippen molar-refractivity contribution in [2.24, 2.45) is 0 Å². The SMILES string of the molecule is C=CCn1c(SCc2cc(=O)n3[nH]cc(C#N)c3n2)nnc1-c1ccccc1F. The number of nitriles is 1. The van der Waals surface area contributed by atoms with Crippen molar-refractivity contribution < 1.29 is 4.39 Å². The second-order valence-corrected chi connectivity index (χ2v) is 6.96. The van der Waals surface area contributed by atoms with Crippen molar-refractivity contribution in [1.82, 2.24) is 29.4 Å². The molecular weight excluding hydrogens is 393 g/mol. The Morgan fingerprint density at radius 3 is 2.93 bits per heavy atom. The minimum atomic E-state index is -0.390. The molecule has 1 aromatic carbocycles. The van der Waals surface area contributed by atoms with Crippen LogP contribution < -0.4 is 5.56 Å². The fourth-order valence-corrected chi connectivity index (χ4v) is 3.69. The van der Waals surface area contributed by atoms with E-state index in [2.05, 4.69) is 26.9 Å². The molecule has 0 amide bonds. The highest BCUT2D eigenvalue weighted by Crippen LogP contribution is 2.27. The van der Waals surface area contributed by atoms with Crippen molar-refractivity contribution in [3.8, 4) is 17.5 Å². The molecule has 4 rings (SSSR count). The summed E-state index contributed by atoms with van der Waals surface area (Å²) >= 11 is 1.31. The van der Waals surface area contributed by atoms with Gasteiger partial charge < -0.3 is 0 Å². The molecule has 29 heavy (non-hydrogen) atoms. The number of allylic oxidation sites excluding steroid dienone is 1. The van der Waals surface area contributed by atoms with Gasteiger partial charge in [0.25, 0.3) is 5.56 Å². The van der Waals surface area contributed by atoms with Gasteiger partial charge in [-0.05, 0) is 12.1 Å². The molecule has 0 aliphatic heterocycles. The number of hydrogen-bond donors (Lipinski definition) is 1. The van der Waals surface area contributed by atoms with Gasteiger partial charge in [0.1, 0.15) is 17.4 Å². The molecule has 0 aliphatic carbocycles. The predicted molar refractivity (Wildman–Crippen MR) is 106 cm³/mol. The van der Waals surface area contributed by atoms with Crippen LogP contribution in [0.15, 0.2) is 59.1 Å². The number of aromatic amines is 1. The molecule has 0 fully saturated rings. The number of aromatic nitrogens is 6. The van der Waals surface area contributed by atoms with Crippen LogP contribution in [0, 0.1) is 17.1 Å². The summed E-state index contributed by atoms with van der Waals surface area (Å²) in [6, 6.07) is 9.74. The fraction of sp³-hybridized carbons (Fsp3) is 0.105. The zero-order valence-electron chi connectivity index (χ0n) is 15.0. The van der Waals surface area contributed by atoms with Crippen LogP contribution in [-0.4, -0.2) is 29.4 Å². The van der Waals surface area contributed by atoms with Crippen molar-refractivity contribution in [2.45, 2.75) is 17.5 Å². The molecule has 3 aromatic heterocycles. The highest BCUT2D eigenvalue weighted by molar-refractivity contribution is 7.98. The van der Waals surface area contributed by atoms with Gasteiger partial charge in [-0.1, -0.05) is 30.0 Å². The molecule has 0 radical (unpaired) electrons. The Morgan fingerprint density at radius 2 is 2.17 bits per heavy atom. The normalized spacial score (nSPS) is 10.9. The number of rotatable bonds is 6. The maximum absolute atomic E-state index is 14.2. The zero-order chi connectivity index (χ0) is 20.4. The first-order valence-corrected chi connectivity index (χ1v) is 9.53. The third-order valence-corrected chi connectivity index (χ3v) is 5.16.